The Labute approximate surface area is 113 Å². The van der Waals surface area contributed by atoms with E-state index >= 15 is 0 Å². The molecule has 1 atom stereocenters. The van der Waals surface area contributed by atoms with E-state index in [0.29, 0.717) is 6.42 Å². The maximum Gasteiger partial charge on any atom is 0.267 e. The van der Waals surface area contributed by atoms with E-state index in [-0.39, 0.29) is 0 Å². The molecule has 0 heterocycles. The van der Waals surface area contributed by atoms with Crippen LogP contribution in [0.2, 0.25) is 0 Å². The van der Waals surface area contributed by atoms with Gasteiger partial charge in [-0.3, -0.25) is 4.55 Å². The molecule has 0 aromatic heterocycles. The predicted octanol–water partition coefficient (Wildman–Crippen LogP) is 3.17. The van der Waals surface area contributed by atoms with Gasteiger partial charge >= 0.3 is 0 Å². The second kappa shape index (κ2) is 5.55. The van der Waals surface area contributed by atoms with Gasteiger partial charge in [0.1, 0.15) is 0 Å². The zero-order valence-electron chi connectivity index (χ0n) is 10.7. The van der Waals surface area contributed by atoms with Crippen LogP contribution in [0.25, 0.3) is 11.1 Å². The van der Waals surface area contributed by atoms with Gasteiger partial charge in [0.25, 0.3) is 10.1 Å². The fourth-order valence-corrected chi connectivity index (χ4v) is 2.40. The van der Waals surface area contributed by atoms with Gasteiger partial charge in [-0.25, -0.2) is 0 Å². The first-order chi connectivity index (χ1) is 8.98. The number of hydrogen-bond acceptors (Lipinski definition) is 2. The molecule has 0 radical (unpaired) electrons. The predicted molar refractivity (Wildman–Crippen MR) is 76.6 cm³/mol. The van der Waals surface area contributed by atoms with E-state index in [2.05, 4.69) is 0 Å². The van der Waals surface area contributed by atoms with Crippen LogP contribution < -0.4 is 0 Å². The Kier molecular flexibility index (Phi) is 4.02. The van der Waals surface area contributed by atoms with E-state index in [1.807, 2.05) is 54.6 Å². The zero-order chi connectivity index (χ0) is 13.9. The highest BCUT2D eigenvalue weighted by atomic mass is 32.2. The first-order valence-corrected chi connectivity index (χ1v) is 7.58. The van der Waals surface area contributed by atoms with Crippen LogP contribution in [0.4, 0.5) is 0 Å². The monoisotopic (exact) mass is 276 g/mol. The Morgan fingerprint density at radius 2 is 1.58 bits per heavy atom. The first-order valence-electron chi connectivity index (χ1n) is 6.08. The second-order valence-electron chi connectivity index (χ2n) is 4.55. The SMILES string of the molecule is CC(Cc1ccccc1-c1ccccc1)S(=O)(=O)O. The molecule has 1 unspecified atom stereocenters. The van der Waals surface area contributed by atoms with Crippen molar-refractivity contribution in [2.24, 2.45) is 0 Å². The maximum atomic E-state index is 11.1. The van der Waals surface area contributed by atoms with Gasteiger partial charge in [0, 0.05) is 0 Å². The van der Waals surface area contributed by atoms with E-state index in [1.165, 1.54) is 6.92 Å². The minimum absolute atomic E-state index is 0.296. The van der Waals surface area contributed by atoms with Gasteiger partial charge in [-0.05, 0) is 30.0 Å². The van der Waals surface area contributed by atoms with Gasteiger partial charge in [-0.15, -0.1) is 0 Å². The molecular formula is C15H16O3S. The highest BCUT2D eigenvalue weighted by Gasteiger charge is 2.19. The maximum absolute atomic E-state index is 11.1. The third-order valence-corrected chi connectivity index (χ3v) is 4.30. The summed E-state index contributed by atoms with van der Waals surface area (Å²) >= 11 is 0. The van der Waals surface area contributed by atoms with Crippen LogP contribution in [0.3, 0.4) is 0 Å². The summed E-state index contributed by atoms with van der Waals surface area (Å²) in [6.45, 7) is 1.51. The van der Waals surface area contributed by atoms with E-state index < -0.39 is 15.4 Å². The molecule has 2 aromatic carbocycles. The summed E-state index contributed by atoms with van der Waals surface area (Å²) in [5.41, 5.74) is 2.96. The quantitative estimate of drug-likeness (QED) is 0.873. The summed E-state index contributed by atoms with van der Waals surface area (Å²) in [6, 6.07) is 17.4. The van der Waals surface area contributed by atoms with Gasteiger partial charge in [-0.2, -0.15) is 8.42 Å². The fourth-order valence-electron chi connectivity index (χ4n) is 2.01. The van der Waals surface area contributed by atoms with Crippen LogP contribution >= 0.6 is 0 Å². The summed E-state index contributed by atoms with van der Waals surface area (Å²) in [4.78, 5) is 0. The molecule has 4 heteroatoms. The van der Waals surface area contributed by atoms with E-state index in [1.54, 1.807) is 0 Å². The lowest BCUT2D eigenvalue weighted by Gasteiger charge is -2.13. The van der Waals surface area contributed by atoms with Crippen molar-refractivity contribution in [2.75, 3.05) is 0 Å². The largest absolute Gasteiger partial charge is 0.285 e. The van der Waals surface area contributed by atoms with Crippen molar-refractivity contribution in [3.63, 3.8) is 0 Å². The van der Waals surface area contributed by atoms with E-state index in [9.17, 15) is 8.42 Å². The lowest BCUT2D eigenvalue weighted by atomic mass is 9.97. The highest BCUT2D eigenvalue weighted by Crippen LogP contribution is 2.25. The van der Waals surface area contributed by atoms with Gasteiger partial charge < -0.3 is 0 Å². The Hall–Kier alpha value is -1.65. The molecule has 0 saturated heterocycles. The van der Waals surface area contributed by atoms with Crippen LogP contribution in [-0.4, -0.2) is 18.2 Å². The third kappa shape index (κ3) is 3.43. The summed E-state index contributed by atoms with van der Waals surface area (Å²) in [6.07, 6.45) is 0.296. The molecule has 0 aliphatic rings. The molecule has 19 heavy (non-hydrogen) atoms. The van der Waals surface area contributed by atoms with Crippen molar-refractivity contribution < 1.29 is 13.0 Å². The molecule has 1 N–H and O–H groups in total. The Morgan fingerprint density at radius 3 is 2.21 bits per heavy atom. The van der Waals surface area contributed by atoms with Crippen molar-refractivity contribution in [1.82, 2.24) is 0 Å². The van der Waals surface area contributed by atoms with Crippen LogP contribution in [-0.2, 0) is 16.5 Å². The van der Waals surface area contributed by atoms with E-state index in [4.69, 9.17) is 4.55 Å². The number of rotatable bonds is 4. The summed E-state index contributed by atoms with van der Waals surface area (Å²) in [5, 5.41) is -0.808. The topological polar surface area (TPSA) is 54.4 Å². The molecule has 0 saturated carbocycles. The Balaban J connectivity index is 2.38. The molecule has 0 fully saturated rings. The molecule has 0 bridgehead atoms. The average Bonchev–Trinajstić information content (AvgIpc) is 2.39. The van der Waals surface area contributed by atoms with Crippen molar-refractivity contribution in [3.05, 3.63) is 60.2 Å². The van der Waals surface area contributed by atoms with Crippen LogP contribution in [0.15, 0.2) is 54.6 Å². The van der Waals surface area contributed by atoms with Crippen molar-refractivity contribution in [3.8, 4) is 11.1 Å². The van der Waals surface area contributed by atoms with Crippen molar-refractivity contribution in [1.29, 1.82) is 0 Å². The van der Waals surface area contributed by atoms with Gasteiger partial charge in [-0.1, -0.05) is 54.6 Å². The van der Waals surface area contributed by atoms with Crippen LogP contribution in [0.1, 0.15) is 12.5 Å². The fraction of sp³-hybridized carbons (Fsp3) is 0.200. The molecule has 0 spiro atoms. The van der Waals surface area contributed by atoms with Crippen molar-refractivity contribution >= 4 is 10.1 Å². The molecule has 3 nitrogen and oxygen atoms in total. The van der Waals surface area contributed by atoms with Crippen LogP contribution in [0.5, 0.6) is 0 Å². The van der Waals surface area contributed by atoms with Crippen molar-refractivity contribution in [2.45, 2.75) is 18.6 Å². The number of hydrogen-bond donors (Lipinski definition) is 1. The molecule has 0 amide bonds. The molecule has 2 rings (SSSR count). The lowest BCUT2D eigenvalue weighted by molar-refractivity contribution is 0.469. The molecule has 0 aliphatic heterocycles. The standard InChI is InChI=1S/C15H16O3S/c1-12(19(16,17)18)11-14-9-5-6-10-15(14)13-7-3-2-4-8-13/h2-10,12H,11H2,1H3,(H,16,17,18). The normalized spacial score (nSPS) is 13.2. The summed E-state index contributed by atoms with van der Waals surface area (Å²) < 4.78 is 31.4. The lowest BCUT2D eigenvalue weighted by Crippen LogP contribution is -2.19. The smallest absolute Gasteiger partial charge is 0.267 e. The highest BCUT2D eigenvalue weighted by molar-refractivity contribution is 7.86. The zero-order valence-corrected chi connectivity index (χ0v) is 11.5. The summed E-state index contributed by atoms with van der Waals surface area (Å²) in [5.74, 6) is 0. The molecule has 100 valence electrons. The minimum Gasteiger partial charge on any atom is -0.285 e. The minimum atomic E-state index is -4.00. The van der Waals surface area contributed by atoms with E-state index in [0.717, 1.165) is 16.7 Å². The van der Waals surface area contributed by atoms with Gasteiger partial charge in [0.05, 0.1) is 5.25 Å². The number of benzene rings is 2. The second-order valence-corrected chi connectivity index (χ2v) is 6.39. The first kappa shape index (κ1) is 13.8. The molecular weight excluding hydrogens is 260 g/mol. The molecule has 0 aliphatic carbocycles. The van der Waals surface area contributed by atoms with Gasteiger partial charge in [0.15, 0.2) is 0 Å². The Morgan fingerprint density at radius 1 is 1.00 bits per heavy atom. The average molecular weight is 276 g/mol. The molecule has 2 aromatic rings. The van der Waals surface area contributed by atoms with Gasteiger partial charge in [0.2, 0.25) is 0 Å². The third-order valence-electron chi connectivity index (χ3n) is 3.12. The Bertz CT molecular complexity index is 648. The van der Waals surface area contributed by atoms with Crippen LogP contribution in [0, 0.1) is 0 Å². The summed E-state index contributed by atoms with van der Waals surface area (Å²) in [7, 11) is -4.00.